The summed E-state index contributed by atoms with van der Waals surface area (Å²) in [4.78, 5) is 14.0. The van der Waals surface area contributed by atoms with E-state index in [0.29, 0.717) is 13.2 Å². The third kappa shape index (κ3) is 3.59. The van der Waals surface area contributed by atoms with E-state index >= 15 is 0 Å². The molecule has 0 bridgehead atoms. The van der Waals surface area contributed by atoms with E-state index in [4.69, 9.17) is 16.3 Å². The minimum atomic E-state index is -0.0779. The van der Waals surface area contributed by atoms with Crippen LogP contribution >= 0.6 is 11.6 Å². The van der Waals surface area contributed by atoms with Crippen LogP contribution in [0.2, 0.25) is 5.02 Å². The minimum absolute atomic E-state index is 0.0779. The van der Waals surface area contributed by atoms with Crippen LogP contribution in [0.4, 0.5) is 10.5 Å². The molecule has 23 heavy (non-hydrogen) atoms. The van der Waals surface area contributed by atoms with Crippen LogP contribution in [0.1, 0.15) is 11.1 Å². The highest BCUT2D eigenvalue weighted by Gasteiger charge is 2.23. The summed E-state index contributed by atoms with van der Waals surface area (Å²) >= 11 is 5.98. The lowest BCUT2D eigenvalue weighted by Crippen LogP contribution is -2.40. The lowest BCUT2D eigenvalue weighted by molar-refractivity contribution is 0.242. The molecule has 0 saturated heterocycles. The van der Waals surface area contributed by atoms with Crippen molar-refractivity contribution in [2.45, 2.75) is 13.3 Å². The van der Waals surface area contributed by atoms with E-state index in [1.807, 2.05) is 43.3 Å². The number of aryl methyl sites for hydroxylation is 1. The number of amides is 2. The first-order valence-electron chi connectivity index (χ1n) is 7.67. The van der Waals surface area contributed by atoms with E-state index in [0.717, 1.165) is 35.0 Å². The number of hydrogen-bond donors (Lipinski definition) is 1. The maximum absolute atomic E-state index is 12.3. The molecule has 0 saturated carbocycles. The molecule has 1 heterocycles. The summed E-state index contributed by atoms with van der Waals surface area (Å²) in [6.45, 7) is 3.53. The molecule has 3 rings (SSSR count). The van der Waals surface area contributed by atoms with Crippen LogP contribution in [-0.4, -0.2) is 25.7 Å². The Morgan fingerprint density at radius 3 is 2.96 bits per heavy atom. The van der Waals surface area contributed by atoms with E-state index in [1.54, 1.807) is 4.90 Å². The molecule has 2 aromatic carbocycles. The third-order valence-corrected chi connectivity index (χ3v) is 4.33. The molecule has 4 nitrogen and oxygen atoms in total. The zero-order valence-corrected chi connectivity index (χ0v) is 13.8. The molecule has 1 aliphatic heterocycles. The van der Waals surface area contributed by atoms with Gasteiger partial charge in [-0.3, -0.25) is 4.90 Å². The number of carbonyl (C=O) groups is 1. The first-order chi connectivity index (χ1) is 11.1. The lowest BCUT2D eigenvalue weighted by atomic mass is 10.2. The van der Waals surface area contributed by atoms with Crippen LogP contribution in [0, 0.1) is 6.92 Å². The van der Waals surface area contributed by atoms with Crippen LogP contribution in [0.3, 0.4) is 0 Å². The van der Waals surface area contributed by atoms with Crippen LogP contribution in [0.15, 0.2) is 42.5 Å². The van der Waals surface area contributed by atoms with Crippen molar-refractivity contribution in [3.63, 3.8) is 0 Å². The van der Waals surface area contributed by atoms with Crippen molar-refractivity contribution in [2.75, 3.05) is 24.6 Å². The quantitative estimate of drug-likeness (QED) is 0.866. The third-order valence-electron chi connectivity index (χ3n) is 3.91. The standard InChI is InChI=1S/C18H19ClN2O2/c1-13-12-15(6-7-16(13)19)23-11-9-20-18(22)21-10-8-14-4-2-3-5-17(14)21/h2-7,12H,8-11H2,1H3,(H,20,22). The monoisotopic (exact) mass is 330 g/mol. The lowest BCUT2D eigenvalue weighted by Gasteiger charge is -2.18. The average Bonchev–Trinajstić information content (AvgIpc) is 2.99. The molecule has 0 aliphatic carbocycles. The summed E-state index contributed by atoms with van der Waals surface area (Å²) in [7, 11) is 0. The van der Waals surface area contributed by atoms with E-state index < -0.39 is 0 Å². The van der Waals surface area contributed by atoms with Crippen molar-refractivity contribution in [3.8, 4) is 5.75 Å². The number of urea groups is 1. The molecule has 5 heteroatoms. The van der Waals surface area contributed by atoms with Crippen molar-refractivity contribution in [1.29, 1.82) is 0 Å². The number of halogens is 1. The summed E-state index contributed by atoms with van der Waals surface area (Å²) < 4.78 is 5.63. The summed E-state index contributed by atoms with van der Waals surface area (Å²) in [5.74, 6) is 0.757. The Labute approximate surface area is 141 Å². The van der Waals surface area contributed by atoms with Gasteiger partial charge in [-0.05, 0) is 48.7 Å². The van der Waals surface area contributed by atoms with Gasteiger partial charge >= 0.3 is 6.03 Å². The summed E-state index contributed by atoms with van der Waals surface area (Å²) in [5.41, 5.74) is 3.19. The molecule has 0 atom stereocenters. The molecule has 2 amide bonds. The number of hydrogen-bond acceptors (Lipinski definition) is 2. The smallest absolute Gasteiger partial charge is 0.322 e. The number of fused-ring (bicyclic) bond motifs is 1. The molecule has 1 N–H and O–H groups in total. The van der Waals surface area contributed by atoms with E-state index in [9.17, 15) is 4.79 Å². The Morgan fingerprint density at radius 1 is 1.30 bits per heavy atom. The van der Waals surface area contributed by atoms with E-state index in [2.05, 4.69) is 11.4 Å². The van der Waals surface area contributed by atoms with Gasteiger partial charge in [-0.15, -0.1) is 0 Å². The number of carbonyl (C=O) groups excluding carboxylic acids is 1. The molecular weight excluding hydrogens is 312 g/mol. The van der Waals surface area contributed by atoms with Crippen molar-refractivity contribution < 1.29 is 9.53 Å². The number of benzene rings is 2. The number of anilines is 1. The fourth-order valence-corrected chi connectivity index (χ4v) is 2.80. The van der Waals surface area contributed by atoms with E-state index in [1.165, 1.54) is 5.56 Å². The summed E-state index contributed by atoms with van der Waals surface area (Å²) in [6.07, 6.45) is 0.907. The Morgan fingerprint density at radius 2 is 2.13 bits per heavy atom. The summed E-state index contributed by atoms with van der Waals surface area (Å²) in [6, 6.07) is 13.5. The van der Waals surface area contributed by atoms with Gasteiger partial charge in [0.05, 0.1) is 6.54 Å². The molecule has 120 valence electrons. The fourth-order valence-electron chi connectivity index (χ4n) is 2.68. The van der Waals surface area contributed by atoms with Gasteiger partial charge in [-0.1, -0.05) is 29.8 Å². The van der Waals surface area contributed by atoms with Gasteiger partial charge in [-0.2, -0.15) is 0 Å². The first-order valence-corrected chi connectivity index (χ1v) is 8.05. The van der Waals surface area contributed by atoms with Crippen molar-refractivity contribution >= 4 is 23.3 Å². The zero-order valence-electron chi connectivity index (χ0n) is 13.0. The van der Waals surface area contributed by atoms with Gasteiger partial charge < -0.3 is 10.1 Å². The minimum Gasteiger partial charge on any atom is -0.492 e. The second-order valence-electron chi connectivity index (χ2n) is 5.52. The fraction of sp³-hybridized carbons (Fsp3) is 0.278. The molecule has 1 aliphatic rings. The molecule has 0 radical (unpaired) electrons. The summed E-state index contributed by atoms with van der Waals surface area (Å²) in [5, 5.41) is 3.62. The van der Waals surface area contributed by atoms with Crippen LogP contribution in [0.25, 0.3) is 0 Å². The van der Waals surface area contributed by atoms with Crippen molar-refractivity contribution in [2.24, 2.45) is 0 Å². The maximum Gasteiger partial charge on any atom is 0.322 e. The van der Waals surface area contributed by atoms with Gasteiger partial charge in [-0.25, -0.2) is 4.79 Å². The predicted octanol–water partition coefficient (Wildman–Crippen LogP) is 3.80. The SMILES string of the molecule is Cc1cc(OCCNC(=O)N2CCc3ccccc32)ccc1Cl. The first kappa shape index (κ1) is 15.7. The second kappa shape index (κ2) is 6.92. The van der Waals surface area contributed by atoms with Gasteiger partial charge in [0, 0.05) is 17.3 Å². The molecule has 0 fully saturated rings. The number of nitrogens with one attached hydrogen (secondary N) is 1. The number of nitrogens with zero attached hydrogens (tertiary/aromatic N) is 1. The Kier molecular flexibility index (Phi) is 4.72. The Bertz CT molecular complexity index is 718. The second-order valence-corrected chi connectivity index (χ2v) is 5.93. The molecule has 2 aromatic rings. The van der Waals surface area contributed by atoms with E-state index in [-0.39, 0.29) is 6.03 Å². The van der Waals surface area contributed by atoms with Crippen molar-refractivity contribution in [1.82, 2.24) is 5.32 Å². The highest BCUT2D eigenvalue weighted by Crippen LogP contribution is 2.27. The molecular formula is C18H19ClN2O2. The van der Waals surface area contributed by atoms with Gasteiger partial charge in [0.2, 0.25) is 0 Å². The largest absolute Gasteiger partial charge is 0.492 e. The number of rotatable bonds is 4. The maximum atomic E-state index is 12.3. The van der Waals surface area contributed by atoms with Gasteiger partial charge in [0.15, 0.2) is 0 Å². The molecule has 0 spiro atoms. The van der Waals surface area contributed by atoms with Crippen molar-refractivity contribution in [3.05, 3.63) is 58.6 Å². The highest BCUT2D eigenvalue weighted by molar-refractivity contribution is 6.31. The predicted molar refractivity (Wildman–Crippen MR) is 92.6 cm³/mol. The van der Waals surface area contributed by atoms with Crippen LogP contribution < -0.4 is 15.0 Å². The van der Waals surface area contributed by atoms with Gasteiger partial charge in [0.25, 0.3) is 0 Å². The van der Waals surface area contributed by atoms with Crippen LogP contribution in [0.5, 0.6) is 5.75 Å². The van der Waals surface area contributed by atoms with Crippen LogP contribution in [-0.2, 0) is 6.42 Å². The Balaban J connectivity index is 1.48. The molecule has 0 unspecified atom stereocenters. The molecule has 0 aromatic heterocycles. The number of para-hydroxylation sites is 1. The zero-order chi connectivity index (χ0) is 16.2. The van der Waals surface area contributed by atoms with Gasteiger partial charge in [0.1, 0.15) is 12.4 Å². The number of ether oxygens (including phenoxy) is 1. The Hall–Kier alpha value is -2.20. The topological polar surface area (TPSA) is 41.6 Å². The normalized spacial score (nSPS) is 12.9. The average molecular weight is 331 g/mol. The highest BCUT2D eigenvalue weighted by atomic mass is 35.5.